The molecule has 1 N–H and O–H groups in total. The largest absolute Gasteiger partial charge is 0.497 e. The van der Waals surface area contributed by atoms with Gasteiger partial charge < -0.3 is 4.74 Å². The monoisotopic (exact) mass is 361 g/mol. The normalized spacial score (nSPS) is 11.0. The minimum absolute atomic E-state index is 0.536. The van der Waals surface area contributed by atoms with Crippen LogP contribution in [-0.2, 0) is 6.42 Å². The summed E-state index contributed by atoms with van der Waals surface area (Å²) in [5.74, 6) is 1.83. The van der Waals surface area contributed by atoms with E-state index in [1.54, 1.807) is 7.11 Å². The number of benzene rings is 1. The Labute approximate surface area is 156 Å². The zero-order chi connectivity index (χ0) is 17.9. The first-order chi connectivity index (χ1) is 12.2. The smallest absolute Gasteiger partial charge is 0.213 e. The Morgan fingerprint density at radius 3 is 2.40 bits per heavy atom. The molecule has 1 aromatic heterocycles. The highest BCUT2D eigenvalue weighted by Crippen LogP contribution is 2.18. The number of rotatable bonds is 12. The third-order valence-electron chi connectivity index (χ3n) is 4.51. The third-order valence-corrected chi connectivity index (χ3v) is 4.69. The van der Waals surface area contributed by atoms with Crippen molar-refractivity contribution in [2.45, 2.75) is 71.1 Å². The maximum Gasteiger partial charge on any atom is 0.213 e. The Kier molecular flexibility index (Phi) is 8.73. The molecule has 4 nitrogen and oxygen atoms in total. The van der Waals surface area contributed by atoms with Gasteiger partial charge in [0.15, 0.2) is 0 Å². The topological polar surface area (TPSA) is 42.8 Å². The summed E-state index contributed by atoms with van der Waals surface area (Å²) in [6.07, 6.45) is 12.9. The van der Waals surface area contributed by atoms with Crippen LogP contribution in [0.4, 0.5) is 0 Å². The summed E-state index contributed by atoms with van der Waals surface area (Å²) >= 11 is 5.23. The summed E-state index contributed by atoms with van der Waals surface area (Å²) in [6, 6.07) is 7.95. The first-order valence-electron chi connectivity index (χ1n) is 9.57. The number of aromatic nitrogens is 3. The molecule has 0 saturated carbocycles. The van der Waals surface area contributed by atoms with E-state index in [1.165, 1.54) is 51.4 Å². The van der Waals surface area contributed by atoms with Gasteiger partial charge in [-0.3, -0.25) is 5.10 Å². The van der Waals surface area contributed by atoms with Crippen molar-refractivity contribution >= 4 is 12.2 Å². The zero-order valence-corrected chi connectivity index (χ0v) is 16.4. The number of hydrogen-bond acceptors (Lipinski definition) is 3. The lowest BCUT2D eigenvalue weighted by molar-refractivity contribution is 0.414. The molecule has 0 aliphatic rings. The Hall–Kier alpha value is -1.62. The number of aryl methyl sites for hydroxylation is 1. The molecule has 1 aromatic carbocycles. The van der Waals surface area contributed by atoms with E-state index in [1.807, 2.05) is 28.9 Å². The molecule has 1 heterocycles. The lowest BCUT2D eigenvalue weighted by atomic mass is 10.1. The summed E-state index contributed by atoms with van der Waals surface area (Å²) in [7, 11) is 1.68. The average molecular weight is 362 g/mol. The first kappa shape index (κ1) is 19.7. The highest BCUT2D eigenvalue weighted by molar-refractivity contribution is 7.71. The van der Waals surface area contributed by atoms with Gasteiger partial charge in [0.1, 0.15) is 11.6 Å². The number of nitrogens with zero attached hydrogens (tertiary/aromatic N) is 2. The Morgan fingerprint density at radius 2 is 1.72 bits per heavy atom. The molecule has 25 heavy (non-hydrogen) atoms. The highest BCUT2D eigenvalue weighted by atomic mass is 32.1. The minimum atomic E-state index is 0.536. The molecule has 0 radical (unpaired) electrons. The van der Waals surface area contributed by atoms with Gasteiger partial charge in [0.2, 0.25) is 4.77 Å². The van der Waals surface area contributed by atoms with E-state index in [0.717, 1.165) is 30.1 Å². The number of H-pyrrole nitrogens is 1. The Morgan fingerprint density at radius 1 is 1.04 bits per heavy atom. The van der Waals surface area contributed by atoms with Crippen molar-refractivity contribution in [2.24, 2.45) is 0 Å². The average Bonchev–Trinajstić information content (AvgIpc) is 3.01. The Bertz CT molecular complexity index is 678. The quantitative estimate of drug-likeness (QED) is 0.372. The number of methoxy groups -OCH3 is 1. The molecule has 0 aliphatic heterocycles. The molecule has 2 aromatic rings. The Balaban J connectivity index is 1.80. The van der Waals surface area contributed by atoms with Gasteiger partial charge in [-0.25, -0.2) is 9.67 Å². The molecule has 2 rings (SSSR count). The third kappa shape index (κ3) is 6.65. The van der Waals surface area contributed by atoms with Crippen LogP contribution in [0.5, 0.6) is 5.75 Å². The SMILES string of the molecule is CCCCCCCCCCCc1nc(=S)[nH]n1-c1cccc(OC)c1. The van der Waals surface area contributed by atoms with Crippen LogP contribution in [0.25, 0.3) is 5.69 Å². The molecule has 0 amide bonds. The van der Waals surface area contributed by atoms with Gasteiger partial charge >= 0.3 is 0 Å². The van der Waals surface area contributed by atoms with Crippen LogP contribution in [0.1, 0.15) is 70.5 Å². The maximum atomic E-state index is 5.31. The molecule has 5 heteroatoms. The summed E-state index contributed by atoms with van der Waals surface area (Å²) in [4.78, 5) is 4.49. The summed E-state index contributed by atoms with van der Waals surface area (Å²) < 4.78 is 7.83. The van der Waals surface area contributed by atoms with Crippen LogP contribution in [0.3, 0.4) is 0 Å². The second-order valence-corrected chi connectivity index (χ2v) is 6.95. The summed E-state index contributed by atoms with van der Waals surface area (Å²) in [5.41, 5.74) is 1.01. The minimum Gasteiger partial charge on any atom is -0.497 e. The molecule has 0 spiro atoms. The number of aromatic amines is 1. The van der Waals surface area contributed by atoms with Crippen molar-refractivity contribution in [3.63, 3.8) is 0 Å². The van der Waals surface area contributed by atoms with Crippen LogP contribution in [0.2, 0.25) is 0 Å². The fraction of sp³-hybridized carbons (Fsp3) is 0.600. The predicted octanol–water partition coefficient (Wildman–Crippen LogP) is 6.01. The predicted molar refractivity (Wildman–Crippen MR) is 106 cm³/mol. The van der Waals surface area contributed by atoms with Crippen LogP contribution < -0.4 is 4.74 Å². The van der Waals surface area contributed by atoms with Crippen LogP contribution in [-0.4, -0.2) is 21.9 Å². The summed E-state index contributed by atoms with van der Waals surface area (Å²) in [6.45, 7) is 2.26. The summed E-state index contributed by atoms with van der Waals surface area (Å²) in [5, 5.41) is 3.16. The first-order valence-corrected chi connectivity index (χ1v) is 9.97. The molecule has 0 saturated heterocycles. The molecule has 138 valence electrons. The van der Waals surface area contributed by atoms with Gasteiger partial charge in [-0.1, -0.05) is 64.4 Å². The molecule has 0 fully saturated rings. The van der Waals surface area contributed by atoms with Crippen molar-refractivity contribution in [2.75, 3.05) is 7.11 Å². The van der Waals surface area contributed by atoms with Gasteiger partial charge in [0.05, 0.1) is 12.8 Å². The van der Waals surface area contributed by atoms with Gasteiger partial charge in [-0.2, -0.15) is 0 Å². The molecule has 0 aliphatic carbocycles. The molecular weight excluding hydrogens is 330 g/mol. The fourth-order valence-electron chi connectivity index (χ4n) is 3.08. The number of unbranched alkanes of at least 4 members (excludes halogenated alkanes) is 8. The zero-order valence-electron chi connectivity index (χ0n) is 15.6. The molecule has 0 unspecified atom stereocenters. The van der Waals surface area contributed by atoms with Gasteiger partial charge in [0.25, 0.3) is 0 Å². The molecule has 0 atom stereocenters. The fourth-order valence-corrected chi connectivity index (χ4v) is 3.27. The van der Waals surface area contributed by atoms with Crippen molar-refractivity contribution in [3.8, 4) is 11.4 Å². The number of nitrogens with one attached hydrogen (secondary N) is 1. The number of hydrogen-bond donors (Lipinski definition) is 1. The van der Waals surface area contributed by atoms with E-state index >= 15 is 0 Å². The van der Waals surface area contributed by atoms with Gasteiger partial charge in [-0.05, 0) is 30.8 Å². The molecule has 0 bridgehead atoms. The van der Waals surface area contributed by atoms with E-state index in [9.17, 15) is 0 Å². The molecular formula is C20H31N3OS. The van der Waals surface area contributed by atoms with Crippen LogP contribution >= 0.6 is 12.2 Å². The number of ether oxygens (including phenoxy) is 1. The van der Waals surface area contributed by atoms with Crippen LogP contribution in [0, 0.1) is 4.77 Å². The van der Waals surface area contributed by atoms with Gasteiger partial charge in [-0.15, -0.1) is 0 Å². The van der Waals surface area contributed by atoms with Crippen molar-refractivity contribution in [1.82, 2.24) is 14.8 Å². The van der Waals surface area contributed by atoms with Gasteiger partial charge in [0, 0.05) is 12.5 Å². The second-order valence-electron chi connectivity index (χ2n) is 6.56. The van der Waals surface area contributed by atoms with E-state index < -0.39 is 0 Å². The maximum absolute atomic E-state index is 5.31. The van der Waals surface area contributed by atoms with Crippen molar-refractivity contribution in [3.05, 3.63) is 34.9 Å². The van der Waals surface area contributed by atoms with E-state index in [4.69, 9.17) is 17.0 Å². The highest BCUT2D eigenvalue weighted by Gasteiger charge is 2.07. The second kappa shape index (κ2) is 11.1. The van der Waals surface area contributed by atoms with Crippen molar-refractivity contribution < 1.29 is 4.74 Å². The lowest BCUT2D eigenvalue weighted by Crippen LogP contribution is -2.03. The van der Waals surface area contributed by atoms with Crippen LogP contribution in [0.15, 0.2) is 24.3 Å². The van der Waals surface area contributed by atoms with E-state index in [2.05, 4.69) is 17.0 Å². The standard InChI is InChI=1S/C20H31N3OS/c1-3-4-5-6-7-8-9-10-11-15-19-21-20(25)22-23(19)17-13-12-14-18(16-17)24-2/h12-14,16H,3-11,15H2,1-2H3,(H,22,25). The van der Waals surface area contributed by atoms with Crippen molar-refractivity contribution in [1.29, 1.82) is 0 Å². The van der Waals surface area contributed by atoms with E-state index in [0.29, 0.717) is 4.77 Å². The van der Waals surface area contributed by atoms with E-state index in [-0.39, 0.29) is 0 Å². The lowest BCUT2D eigenvalue weighted by Gasteiger charge is -2.08.